The fourth-order valence-electron chi connectivity index (χ4n) is 2.34. The van der Waals surface area contributed by atoms with Crippen molar-refractivity contribution in [2.24, 2.45) is 5.73 Å². The van der Waals surface area contributed by atoms with Crippen molar-refractivity contribution in [3.63, 3.8) is 0 Å². The van der Waals surface area contributed by atoms with E-state index in [0.29, 0.717) is 6.42 Å². The first-order valence-electron chi connectivity index (χ1n) is 7.49. The van der Waals surface area contributed by atoms with Gasteiger partial charge in [0, 0.05) is 12.6 Å². The highest BCUT2D eigenvalue weighted by Crippen LogP contribution is 2.12. The average Bonchev–Trinajstić information content (AvgIpc) is 2.91. The van der Waals surface area contributed by atoms with Crippen molar-refractivity contribution in [3.8, 4) is 0 Å². The second kappa shape index (κ2) is 7.02. The van der Waals surface area contributed by atoms with E-state index in [9.17, 15) is 14.4 Å². The number of hydrogen-bond acceptors (Lipinski definition) is 4. The monoisotopic (exact) mass is 304 g/mol. The summed E-state index contributed by atoms with van der Waals surface area (Å²) >= 11 is 0. The van der Waals surface area contributed by atoms with Crippen LogP contribution in [0.4, 0.5) is 0 Å². The smallest absolute Gasteiger partial charge is 0.284 e. The number of amides is 1. The molecule has 0 saturated heterocycles. The van der Waals surface area contributed by atoms with Gasteiger partial charge in [-0.2, -0.15) is 0 Å². The number of hydrogen-bond donors (Lipinski definition) is 2. The van der Waals surface area contributed by atoms with Gasteiger partial charge < -0.3 is 10.7 Å². The highest BCUT2D eigenvalue weighted by Gasteiger charge is 2.15. The minimum Gasteiger partial charge on any atom is -0.363 e. The molecule has 0 aliphatic rings. The molecule has 1 amide bonds. The molecular weight excluding hydrogens is 284 g/mol. The second-order valence-corrected chi connectivity index (χ2v) is 5.26. The molecule has 22 heavy (non-hydrogen) atoms. The Labute approximate surface area is 127 Å². The van der Waals surface area contributed by atoms with E-state index in [1.54, 1.807) is 0 Å². The number of rotatable bonds is 7. The van der Waals surface area contributed by atoms with Crippen molar-refractivity contribution in [2.75, 3.05) is 0 Å². The lowest BCUT2D eigenvalue weighted by Crippen LogP contribution is -2.22. The van der Waals surface area contributed by atoms with E-state index in [1.165, 1.54) is 23.3 Å². The maximum absolute atomic E-state index is 12.2. The summed E-state index contributed by atoms with van der Waals surface area (Å²) in [6, 6.07) is 1.51. The SMILES string of the molecule is CCCCCCCC(=O)n1ccc2c(=O)[nH]c(C(N)=O)nc21. The van der Waals surface area contributed by atoms with Crippen LogP contribution in [-0.2, 0) is 0 Å². The van der Waals surface area contributed by atoms with Crippen LogP contribution in [0.3, 0.4) is 0 Å². The van der Waals surface area contributed by atoms with Gasteiger partial charge in [0.05, 0.1) is 5.39 Å². The lowest BCUT2D eigenvalue weighted by Gasteiger charge is -2.04. The van der Waals surface area contributed by atoms with Crippen LogP contribution in [0.1, 0.15) is 60.9 Å². The van der Waals surface area contributed by atoms with Gasteiger partial charge >= 0.3 is 0 Å². The molecule has 0 spiro atoms. The van der Waals surface area contributed by atoms with Gasteiger partial charge in [-0.3, -0.25) is 19.0 Å². The lowest BCUT2D eigenvalue weighted by atomic mass is 10.1. The molecule has 0 radical (unpaired) electrons. The van der Waals surface area contributed by atoms with Crippen molar-refractivity contribution >= 4 is 22.8 Å². The number of fused-ring (bicyclic) bond motifs is 1. The van der Waals surface area contributed by atoms with E-state index in [4.69, 9.17) is 5.73 Å². The topological polar surface area (TPSA) is 111 Å². The summed E-state index contributed by atoms with van der Waals surface area (Å²) < 4.78 is 1.32. The molecule has 0 aromatic carbocycles. The molecule has 3 N–H and O–H groups in total. The predicted molar refractivity (Wildman–Crippen MR) is 82.9 cm³/mol. The molecule has 2 heterocycles. The van der Waals surface area contributed by atoms with Crippen molar-refractivity contribution in [2.45, 2.75) is 45.4 Å². The number of unbranched alkanes of at least 4 members (excludes halogenated alkanes) is 4. The van der Waals surface area contributed by atoms with Crippen LogP contribution >= 0.6 is 0 Å². The molecule has 0 aliphatic carbocycles. The van der Waals surface area contributed by atoms with Gasteiger partial charge in [-0.25, -0.2) is 4.98 Å². The lowest BCUT2D eigenvalue weighted by molar-refractivity contribution is 0.0902. The largest absolute Gasteiger partial charge is 0.363 e. The molecule has 2 aromatic rings. The molecule has 7 heteroatoms. The van der Waals surface area contributed by atoms with Gasteiger partial charge in [0.15, 0.2) is 5.65 Å². The molecule has 7 nitrogen and oxygen atoms in total. The quantitative estimate of drug-likeness (QED) is 0.760. The second-order valence-electron chi connectivity index (χ2n) is 5.26. The first-order chi connectivity index (χ1) is 10.5. The van der Waals surface area contributed by atoms with Crippen molar-refractivity contribution < 1.29 is 9.59 Å². The maximum Gasteiger partial charge on any atom is 0.284 e. The normalized spacial score (nSPS) is 11.0. The molecule has 0 bridgehead atoms. The Morgan fingerprint density at radius 2 is 2.00 bits per heavy atom. The number of aromatic nitrogens is 3. The Bertz CT molecular complexity index is 745. The van der Waals surface area contributed by atoms with E-state index < -0.39 is 11.5 Å². The summed E-state index contributed by atoms with van der Waals surface area (Å²) in [5.41, 5.74) is 4.83. The van der Waals surface area contributed by atoms with Gasteiger partial charge in [0.1, 0.15) is 0 Å². The van der Waals surface area contributed by atoms with E-state index in [0.717, 1.165) is 25.7 Å². The molecule has 0 saturated carbocycles. The number of carbonyl (C=O) groups excluding carboxylic acids is 2. The van der Waals surface area contributed by atoms with Gasteiger partial charge in [0.2, 0.25) is 11.7 Å². The van der Waals surface area contributed by atoms with Crippen LogP contribution in [0.25, 0.3) is 11.0 Å². The molecule has 118 valence electrons. The zero-order chi connectivity index (χ0) is 16.1. The van der Waals surface area contributed by atoms with E-state index in [-0.39, 0.29) is 22.8 Å². The number of nitrogens with one attached hydrogen (secondary N) is 1. The predicted octanol–water partition coefficient (Wildman–Crippen LogP) is 1.82. The summed E-state index contributed by atoms with van der Waals surface area (Å²) in [6.45, 7) is 2.14. The molecule has 0 fully saturated rings. The van der Waals surface area contributed by atoms with Crippen LogP contribution in [0.5, 0.6) is 0 Å². The third-order valence-electron chi connectivity index (χ3n) is 3.55. The van der Waals surface area contributed by atoms with Crippen LogP contribution in [0.15, 0.2) is 17.1 Å². The molecule has 2 rings (SSSR count). The summed E-state index contributed by atoms with van der Waals surface area (Å²) in [4.78, 5) is 41.5. The van der Waals surface area contributed by atoms with E-state index in [2.05, 4.69) is 16.9 Å². The number of aromatic amines is 1. The Morgan fingerprint density at radius 1 is 1.27 bits per heavy atom. The number of nitrogens with two attached hydrogens (primary N) is 1. The summed E-state index contributed by atoms with van der Waals surface area (Å²) in [5, 5.41) is 0.268. The zero-order valence-corrected chi connectivity index (χ0v) is 12.6. The third-order valence-corrected chi connectivity index (χ3v) is 3.55. The van der Waals surface area contributed by atoms with E-state index >= 15 is 0 Å². The maximum atomic E-state index is 12.2. The van der Waals surface area contributed by atoms with Crippen molar-refractivity contribution in [1.29, 1.82) is 0 Å². The van der Waals surface area contributed by atoms with Gasteiger partial charge in [-0.1, -0.05) is 32.6 Å². The number of nitrogens with zero attached hydrogens (tertiary/aromatic N) is 2. The fourth-order valence-corrected chi connectivity index (χ4v) is 2.34. The molecule has 2 aromatic heterocycles. The van der Waals surface area contributed by atoms with Crippen LogP contribution in [0.2, 0.25) is 0 Å². The first kappa shape index (κ1) is 15.9. The standard InChI is InChI=1S/C15H20N4O3/c1-2-3-4-5-6-7-11(20)19-9-8-10-14(19)17-13(12(16)21)18-15(10)22/h8-9H,2-7H2,1H3,(H2,16,21)(H,17,18,22). The minimum absolute atomic E-state index is 0.139. The highest BCUT2D eigenvalue weighted by atomic mass is 16.2. The third kappa shape index (κ3) is 3.41. The first-order valence-corrected chi connectivity index (χ1v) is 7.49. The van der Waals surface area contributed by atoms with Crippen LogP contribution in [0, 0.1) is 0 Å². The van der Waals surface area contributed by atoms with Gasteiger partial charge in [0.25, 0.3) is 11.5 Å². The Hall–Kier alpha value is -2.44. The Morgan fingerprint density at radius 3 is 2.68 bits per heavy atom. The molecular formula is C15H20N4O3. The van der Waals surface area contributed by atoms with Crippen LogP contribution < -0.4 is 11.3 Å². The molecule has 0 aliphatic heterocycles. The molecule has 0 unspecified atom stereocenters. The van der Waals surface area contributed by atoms with Gasteiger partial charge in [-0.15, -0.1) is 0 Å². The van der Waals surface area contributed by atoms with Gasteiger partial charge in [-0.05, 0) is 12.5 Å². The average molecular weight is 304 g/mol. The fraction of sp³-hybridized carbons (Fsp3) is 0.467. The zero-order valence-electron chi connectivity index (χ0n) is 12.6. The number of carbonyl (C=O) groups is 2. The van der Waals surface area contributed by atoms with Crippen LogP contribution in [-0.4, -0.2) is 26.3 Å². The summed E-state index contributed by atoms with van der Waals surface area (Å²) in [7, 11) is 0. The number of H-pyrrole nitrogens is 1. The Balaban J connectivity index is 2.19. The Kier molecular flexibility index (Phi) is 5.08. The minimum atomic E-state index is -0.834. The van der Waals surface area contributed by atoms with Crippen molar-refractivity contribution in [3.05, 3.63) is 28.4 Å². The highest BCUT2D eigenvalue weighted by molar-refractivity contribution is 5.93. The number of primary amides is 1. The summed E-state index contributed by atoms with van der Waals surface area (Å²) in [5.74, 6) is -1.22. The van der Waals surface area contributed by atoms with E-state index in [1.807, 2.05) is 0 Å². The summed E-state index contributed by atoms with van der Waals surface area (Å²) in [6.07, 6.45) is 7.11. The van der Waals surface area contributed by atoms with Crippen molar-refractivity contribution in [1.82, 2.24) is 14.5 Å². The molecule has 0 atom stereocenters.